The topological polar surface area (TPSA) is 122 Å². The van der Waals surface area contributed by atoms with Gasteiger partial charge in [0.05, 0.1) is 25.8 Å². The molecule has 31 heavy (non-hydrogen) atoms. The lowest BCUT2D eigenvalue weighted by Gasteiger charge is -2.25. The maximum Gasteiger partial charge on any atom is 0.252 e. The van der Waals surface area contributed by atoms with Gasteiger partial charge in [-0.15, -0.1) is 11.3 Å². The van der Waals surface area contributed by atoms with Crippen molar-refractivity contribution < 1.29 is 30.8 Å². The number of carbonyl (C=O) groups excluding carboxylic acids is 1. The van der Waals surface area contributed by atoms with Gasteiger partial charge in [-0.3, -0.25) is 4.79 Å². The van der Waals surface area contributed by atoms with Crippen molar-refractivity contribution in [2.45, 2.75) is 28.6 Å². The Kier molecular flexibility index (Phi) is 7.44. The van der Waals surface area contributed by atoms with Crippen molar-refractivity contribution in [3.05, 3.63) is 47.1 Å². The summed E-state index contributed by atoms with van der Waals surface area (Å²) >= 11 is 1.03. The molecule has 0 saturated carbocycles. The fourth-order valence-electron chi connectivity index (χ4n) is 2.85. The first-order valence-corrected chi connectivity index (χ1v) is 13.1. The lowest BCUT2D eigenvalue weighted by Crippen LogP contribution is -2.44. The van der Waals surface area contributed by atoms with E-state index in [1.165, 1.54) is 29.4 Å². The molecule has 1 aromatic heterocycles. The van der Waals surface area contributed by atoms with Crippen LogP contribution in [0.15, 0.2) is 45.5 Å². The van der Waals surface area contributed by atoms with Crippen LogP contribution in [0.5, 0.6) is 0 Å². The molecular weight excluding hydrogens is 469 g/mol. The van der Waals surface area contributed by atoms with Crippen LogP contribution in [0.25, 0.3) is 0 Å². The number of benzene rings is 1. The van der Waals surface area contributed by atoms with E-state index in [0.717, 1.165) is 23.5 Å². The molecule has 2 N–H and O–H groups in total. The summed E-state index contributed by atoms with van der Waals surface area (Å²) in [5.74, 6) is -1.55. The van der Waals surface area contributed by atoms with E-state index in [1.54, 1.807) is 6.07 Å². The smallest absolute Gasteiger partial charge is 0.252 e. The lowest BCUT2D eigenvalue weighted by atomic mass is 10.3. The van der Waals surface area contributed by atoms with Gasteiger partial charge in [-0.05, 0) is 31.2 Å². The molecule has 1 aliphatic heterocycles. The Morgan fingerprint density at radius 2 is 1.84 bits per heavy atom. The van der Waals surface area contributed by atoms with Crippen LogP contribution in [0.2, 0.25) is 0 Å². The summed E-state index contributed by atoms with van der Waals surface area (Å²) in [6.07, 6.45) is 0. The lowest BCUT2D eigenvalue weighted by molar-refractivity contribution is -0.122. The van der Waals surface area contributed by atoms with Gasteiger partial charge in [-0.2, -0.15) is 9.03 Å². The highest BCUT2D eigenvalue weighted by Crippen LogP contribution is 2.25. The fraction of sp³-hybridized carbons (Fsp3) is 0.389. The molecule has 1 fully saturated rings. The number of carbonyl (C=O) groups is 1. The number of morpholine rings is 1. The average Bonchev–Trinajstić information content (AvgIpc) is 3.22. The number of nitrogens with one attached hydrogen (secondary N) is 2. The molecule has 1 atom stereocenters. The largest absolute Gasteiger partial charge is 0.379 e. The van der Waals surface area contributed by atoms with E-state index < -0.39 is 42.7 Å². The molecule has 1 aromatic carbocycles. The number of sulfonamides is 2. The van der Waals surface area contributed by atoms with E-state index in [2.05, 4.69) is 10.0 Å². The molecule has 0 aliphatic carbocycles. The van der Waals surface area contributed by atoms with E-state index in [9.17, 15) is 26.0 Å². The minimum atomic E-state index is -4.22. The molecule has 0 bridgehead atoms. The number of ether oxygens (including phenoxy) is 1. The standard InChI is InChI=1S/C18H22FN3O6S3/c1-13(21-30(24,25)16-5-3-2-4-15(16)19)18(23)20-12-14-6-7-17(29-14)31(26,27)22-8-10-28-11-9-22/h2-7,13,21H,8-12H2,1H3,(H,20,23). The molecular formula is C18H22FN3O6S3. The van der Waals surface area contributed by atoms with Crippen molar-refractivity contribution in [3.8, 4) is 0 Å². The Labute approximate surface area is 184 Å². The number of halogens is 1. The van der Waals surface area contributed by atoms with Crippen molar-refractivity contribution in [2.75, 3.05) is 26.3 Å². The summed E-state index contributed by atoms with van der Waals surface area (Å²) in [5.41, 5.74) is 0. The second kappa shape index (κ2) is 9.71. The molecule has 0 spiro atoms. The van der Waals surface area contributed by atoms with E-state index >= 15 is 0 Å². The Hall–Kier alpha value is -1.90. The van der Waals surface area contributed by atoms with Gasteiger partial charge in [0.1, 0.15) is 14.9 Å². The Balaban J connectivity index is 1.59. The van der Waals surface area contributed by atoms with Crippen LogP contribution in [-0.4, -0.2) is 59.4 Å². The predicted molar refractivity (Wildman–Crippen MR) is 112 cm³/mol. The quantitative estimate of drug-likeness (QED) is 0.566. The number of rotatable bonds is 8. The summed E-state index contributed by atoms with van der Waals surface area (Å²) in [4.78, 5) is 12.3. The van der Waals surface area contributed by atoms with Crippen LogP contribution < -0.4 is 10.0 Å². The Morgan fingerprint density at radius 3 is 2.52 bits per heavy atom. The maximum absolute atomic E-state index is 13.8. The molecule has 13 heteroatoms. The summed E-state index contributed by atoms with van der Waals surface area (Å²) in [7, 11) is -7.85. The molecule has 1 saturated heterocycles. The summed E-state index contributed by atoms with van der Waals surface area (Å²) in [6.45, 7) is 2.60. The van der Waals surface area contributed by atoms with Gasteiger partial charge < -0.3 is 10.1 Å². The Bertz CT molecular complexity index is 1140. The fourth-order valence-corrected chi connectivity index (χ4v) is 6.99. The minimum absolute atomic E-state index is 0.0217. The van der Waals surface area contributed by atoms with Crippen LogP contribution in [0, 0.1) is 5.82 Å². The molecule has 1 amide bonds. The van der Waals surface area contributed by atoms with Crippen LogP contribution in [-0.2, 0) is 36.1 Å². The van der Waals surface area contributed by atoms with E-state index in [0.29, 0.717) is 18.1 Å². The molecule has 2 aromatic rings. The van der Waals surface area contributed by atoms with Gasteiger partial charge in [0, 0.05) is 18.0 Å². The molecule has 3 rings (SSSR count). The molecule has 2 heterocycles. The van der Waals surface area contributed by atoms with E-state index in [4.69, 9.17) is 4.74 Å². The third-order valence-electron chi connectivity index (χ3n) is 4.49. The van der Waals surface area contributed by atoms with Crippen LogP contribution >= 0.6 is 11.3 Å². The number of amides is 1. The van der Waals surface area contributed by atoms with Gasteiger partial charge in [0.15, 0.2) is 0 Å². The average molecular weight is 492 g/mol. The summed E-state index contributed by atoms with van der Waals surface area (Å²) in [6, 6.07) is 6.75. The predicted octanol–water partition coefficient (Wildman–Crippen LogP) is 0.891. The first-order chi connectivity index (χ1) is 14.6. The van der Waals surface area contributed by atoms with Crippen molar-refractivity contribution in [2.24, 2.45) is 0 Å². The first kappa shape index (κ1) is 23.8. The highest BCUT2D eigenvalue weighted by molar-refractivity contribution is 7.91. The van der Waals surface area contributed by atoms with Gasteiger partial charge in [-0.25, -0.2) is 21.2 Å². The summed E-state index contributed by atoms with van der Waals surface area (Å²) in [5, 5.41) is 2.55. The van der Waals surface area contributed by atoms with Crippen molar-refractivity contribution in [1.82, 2.24) is 14.3 Å². The van der Waals surface area contributed by atoms with E-state index in [-0.39, 0.29) is 23.8 Å². The molecule has 1 unspecified atom stereocenters. The van der Waals surface area contributed by atoms with E-state index in [1.807, 2.05) is 0 Å². The normalized spacial score (nSPS) is 16.7. The van der Waals surface area contributed by atoms with Crippen molar-refractivity contribution in [1.29, 1.82) is 0 Å². The third kappa shape index (κ3) is 5.67. The maximum atomic E-state index is 13.8. The number of nitrogens with zero attached hydrogens (tertiary/aromatic N) is 1. The third-order valence-corrected chi connectivity index (χ3v) is 9.51. The second-order valence-corrected chi connectivity index (χ2v) is 11.7. The SMILES string of the molecule is CC(NS(=O)(=O)c1ccccc1F)C(=O)NCc1ccc(S(=O)(=O)N2CCOCC2)s1. The minimum Gasteiger partial charge on any atom is -0.379 e. The molecule has 9 nitrogen and oxygen atoms in total. The second-order valence-electron chi connectivity index (χ2n) is 6.73. The number of thiophene rings is 1. The zero-order valence-corrected chi connectivity index (χ0v) is 19.0. The van der Waals surface area contributed by atoms with Gasteiger partial charge in [-0.1, -0.05) is 12.1 Å². The highest BCUT2D eigenvalue weighted by Gasteiger charge is 2.28. The van der Waals surface area contributed by atoms with Gasteiger partial charge >= 0.3 is 0 Å². The van der Waals surface area contributed by atoms with Crippen molar-refractivity contribution >= 4 is 37.3 Å². The number of hydrogen-bond donors (Lipinski definition) is 2. The first-order valence-electron chi connectivity index (χ1n) is 9.32. The van der Waals surface area contributed by atoms with Crippen molar-refractivity contribution in [3.63, 3.8) is 0 Å². The zero-order valence-electron chi connectivity index (χ0n) is 16.6. The Morgan fingerprint density at radius 1 is 1.16 bits per heavy atom. The van der Waals surface area contributed by atoms with Gasteiger partial charge in [0.2, 0.25) is 15.9 Å². The molecule has 1 aliphatic rings. The van der Waals surface area contributed by atoms with Crippen LogP contribution in [0.1, 0.15) is 11.8 Å². The number of hydrogen-bond acceptors (Lipinski definition) is 7. The van der Waals surface area contributed by atoms with Crippen LogP contribution in [0.3, 0.4) is 0 Å². The zero-order chi connectivity index (χ0) is 22.6. The highest BCUT2D eigenvalue weighted by atomic mass is 32.2. The molecule has 0 radical (unpaired) electrons. The van der Waals surface area contributed by atoms with Gasteiger partial charge in [0.25, 0.3) is 10.0 Å². The van der Waals surface area contributed by atoms with Crippen LogP contribution in [0.4, 0.5) is 4.39 Å². The summed E-state index contributed by atoms with van der Waals surface area (Å²) < 4.78 is 72.5. The monoisotopic (exact) mass is 491 g/mol. The molecule has 170 valence electrons.